The molecular formula is C19H19N3O3S. The lowest BCUT2D eigenvalue weighted by Crippen LogP contribution is -2.35. The number of carbonyl (C=O) groups is 1. The van der Waals surface area contributed by atoms with Crippen molar-refractivity contribution in [3.8, 4) is 0 Å². The number of nitrogens with one attached hydrogen (secondary N) is 2. The summed E-state index contributed by atoms with van der Waals surface area (Å²) < 4.78 is 26.8. The van der Waals surface area contributed by atoms with Gasteiger partial charge in [0.1, 0.15) is 5.69 Å². The maximum Gasteiger partial charge on any atom is 0.269 e. The molecule has 0 saturated heterocycles. The van der Waals surface area contributed by atoms with Crippen molar-refractivity contribution < 1.29 is 13.2 Å². The molecule has 0 fully saturated rings. The molecule has 0 spiro atoms. The Morgan fingerprint density at radius 1 is 0.962 bits per heavy atom. The van der Waals surface area contributed by atoms with E-state index in [-0.39, 0.29) is 23.9 Å². The lowest BCUT2D eigenvalue weighted by molar-refractivity contribution is 0.0949. The van der Waals surface area contributed by atoms with Crippen molar-refractivity contribution in [1.29, 1.82) is 0 Å². The maximum absolute atomic E-state index is 12.2. The van der Waals surface area contributed by atoms with Crippen LogP contribution in [0.4, 0.5) is 0 Å². The van der Waals surface area contributed by atoms with Crippen LogP contribution in [0.15, 0.2) is 65.6 Å². The van der Waals surface area contributed by atoms with E-state index in [4.69, 9.17) is 0 Å². The van der Waals surface area contributed by atoms with E-state index in [0.717, 1.165) is 16.5 Å². The minimum absolute atomic E-state index is 0.0928. The number of carbonyl (C=O) groups excluding carboxylic acids is 1. The number of amides is 1. The van der Waals surface area contributed by atoms with Gasteiger partial charge in [-0.15, -0.1) is 0 Å². The topological polar surface area (TPSA) is 88.2 Å². The Morgan fingerprint density at radius 3 is 2.46 bits per heavy atom. The number of benzene rings is 2. The maximum atomic E-state index is 12.2. The van der Waals surface area contributed by atoms with Gasteiger partial charge in [0.05, 0.1) is 10.4 Å². The minimum Gasteiger partial charge on any atom is -0.349 e. The second kappa shape index (κ2) is 7.63. The van der Waals surface area contributed by atoms with E-state index in [1.807, 2.05) is 37.3 Å². The van der Waals surface area contributed by atoms with Gasteiger partial charge in [-0.3, -0.25) is 4.79 Å². The highest BCUT2D eigenvalue weighted by atomic mass is 32.2. The lowest BCUT2D eigenvalue weighted by atomic mass is 10.2. The van der Waals surface area contributed by atoms with E-state index in [9.17, 15) is 13.2 Å². The largest absolute Gasteiger partial charge is 0.349 e. The number of sulfonamides is 1. The normalized spacial score (nSPS) is 11.4. The Balaban J connectivity index is 1.55. The van der Waals surface area contributed by atoms with Gasteiger partial charge >= 0.3 is 0 Å². The van der Waals surface area contributed by atoms with Crippen LogP contribution < -0.4 is 10.0 Å². The molecule has 2 N–H and O–H groups in total. The van der Waals surface area contributed by atoms with Crippen molar-refractivity contribution in [3.63, 3.8) is 0 Å². The summed E-state index contributed by atoms with van der Waals surface area (Å²) in [6.45, 7) is 2.15. The summed E-state index contributed by atoms with van der Waals surface area (Å²) in [5, 5.41) is 3.62. The van der Waals surface area contributed by atoms with Crippen LogP contribution >= 0.6 is 0 Å². The summed E-state index contributed by atoms with van der Waals surface area (Å²) in [7, 11) is -3.59. The highest BCUT2D eigenvalue weighted by Gasteiger charge is 2.13. The van der Waals surface area contributed by atoms with E-state index in [2.05, 4.69) is 15.0 Å². The smallest absolute Gasteiger partial charge is 0.269 e. The summed E-state index contributed by atoms with van der Waals surface area (Å²) in [6.07, 6.45) is 0. The first-order valence-corrected chi connectivity index (χ1v) is 9.64. The van der Waals surface area contributed by atoms with Gasteiger partial charge in [0.25, 0.3) is 5.91 Å². The first-order chi connectivity index (χ1) is 12.5. The number of aromatic nitrogens is 1. The van der Waals surface area contributed by atoms with Crippen LogP contribution in [-0.4, -0.2) is 32.4 Å². The molecule has 3 aromatic rings. The summed E-state index contributed by atoms with van der Waals surface area (Å²) in [5.74, 6) is -0.342. The Morgan fingerprint density at radius 2 is 1.69 bits per heavy atom. The molecule has 0 saturated carbocycles. The van der Waals surface area contributed by atoms with Crippen molar-refractivity contribution >= 4 is 26.8 Å². The summed E-state index contributed by atoms with van der Waals surface area (Å²) in [5.41, 5.74) is 2.02. The molecule has 0 aliphatic heterocycles. The average molecular weight is 369 g/mol. The molecule has 2 aromatic carbocycles. The number of hydrogen-bond acceptors (Lipinski definition) is 4. The number of fused-ring (bicyclic) bond motifs is 1. The number of nitrogens with zero attached hydrogens (tertiary/aromatic N) is 1. The summed E-state index contributed by atoms with van der Waals surface area (Å²) >= 11 is 0. The quantitative estimate of drug-likeness (QED) is 0.653. The van der Waals surface area contributed by atoms with E-state index >= 15 is 0 Å². The molecule has 26 heavy (non-hydrogen) atoms. The second-order valence-electron chi connectivity index (χ2n) is 5.86. The predicted molar refractivity (Wildman–Crippen MR) is 100 cm³/mol. The molecule has 0 aliphatic rings. The minimum atomic E-state index is -3.59. The number of para-hydroxylation sites is 1. The number of pyridine rings is 1. The number of rotatable bonds is 6. The van der Waals surface area contributed by atoms with Crippen LogP contribution in [0.25, 0.3) is 10.9 Å². The molecule has 1 heterocycles. The van der Waals surface area contributed by atoms with Crippen LogP contribution in [0, 0.1) is 6.92 Å². The zero-order valence-corrected chi connectivity index (χ0v) is 15.1. The Hall–Kier alpha value is -2.77. The molecule has 134 valence electrons. The monoisotopic (exact) mass is 369 g/mol. The zero-order chi connectivity index (χ0) is 18.6. The molecule has 6 nitrogen and oxygen atoms in total. The highest BCUT2D eigenvalue weighted by Crippen LogP contribution is 2.12. The third-order valence-electron chi connectivity index (χ3n) is 3.86. The van der Waals surface area contributed by atoms with E-state index in [1.54, 1.807) is 30.3 Å². The van der Waals surface area contributed by atoms with E-state index in [1.165, 1.54) is 0 Å². The standard InChI is InChI=1S/C19H19N3O3S/c1-14-6-9-16(10-7-14)26(24,25)21-13-12-20-19(23)18-11-8-15-4-2-3-5-17(15)22-18/h2-11,21H,12-13H2,1H3,(H,20,23). The van der Waals surface area contributed by atoms with Crippen LogP contribution in [0.5, 0.6) is 0 Å². The van der Waals surface area contributed by atoms with Crippen molar-refractivity contribution in [2.24, 2.45) is 0 Å². The van der Waals surface area contributed by atoms with Crippen molar-refractivity contribution in [1.82, 2.24) is 15.0 Å². The average Bonchev–Trinajstić information content (AvgIpc) is 2.65. The van der Waals surface area contributed by atoms with Crippen molar-refractivity contribution in [2.45, 2.75) is 11.8 Å². The first-order valence-electron chi connectivity index (χ1n) is 8.16. The van der Waals surface area contributed by atoms with Gasteiger partial charge in [0.15, 0.2) is 0 Å². The van der Waals surface area contributed by atoms with Crippen molar-refractivity contribution in [2.75, 3.05) is 13.1 Å². The van der Waals surface area contributed by atoms with Crippen LogP contribution in [-0.2, 0) is 10.0 Å². The van der Waals surface area contributed by atoms with E-state index < -0.39 is 10.0 Å². The molecule has 1 amide bonds. The van der Waals surface area contributed by atoms with Crippen molar-refractivity contribution in [3.05, 3.63) is 71.9 Å². The van der Waals surface area contributed by atoms with Gasteiger partial charge in [0.2, 0.25) is 10.0 Å². The second-order valence-corrected chi connectivity index (χ2v) is 7.62. The Labute approximate surface area is 152 Å². The molecule has 0 atom stereocenters. The fourth-order valence-electron chi connectivity index (χ4n) is 2.45. The van der Waals surface area contributed by atoms with Gasteiger partial charge in [-0.25, -0.2) is 18.1 Å². The molecule has 0 unspecified atom stereocenters. The fraction of sp³-hybridized carbons (Fsp3) is 0.158. The van der Waals surface area contributed by atoms with Crippen LogP contribution in [0.3, 0.4) is 0 Å². The van der Waals surface area contributed by atoms with Gasteiger partial charge < -0.3 is 5.32 Å². The SMILES string of the molecule is Cc1ccc(S(=O)(=O)NCCNC(=O)c2ccc3ccccc3n2)cc1. The Kier molecular flexibility index (Phi) is 5.29. The highest BCUT2D eigenvalue weighted by molar-refractivity contribution is 7.89. The molecule has 7 heteroatoms. The zero-order valence-electron chi connectivity index (χ0n) is 14.3. The van der Waals surface area contributed by atoms with Crippen LogP contribution in [0.2, 0.25) is 0 Å². The predicted octanol–water partition coefficient (Wildman–Crippen LogP) is 2.25. The molecule has 0 aliphatic carbocycles. The Bertz CT molecular complexity index is 1030. The van der Waals surface area contributed by atoms with Gasteiger partial charge in [-0.05, 0) is 31.2 Å². The molecule has 0 radical (unpaired) electrons. The summed E-state index contributed by atoms with van der Waals surface area (Å²) in [4.78, 5) is 16.7. The number of hydrogen-bond donors (Lipinski definition) is 2. The van der Waals surface area contributed by atoms with Crippen LogP contribution in [0.1, 0.15) is 16.1 Å². The van der Waals surface area contributed by atoms with Gasteiger partial charge in [-0.2, -0.15) is 0 Å². The third-order valence-corrected chi connectivity index (χ3v) is 5.34. The molecular weight excluding hydrogens is 350 g/mol. The summed E-state index contributed by atoms with van der Waals surface area (Å²) in [6, 6.07) is 17.6. The molecule has 1 aromatic heterocycles. The first kappa shape index (κ1) is 18.0. The van der Waals surface area contributed by atoms with E-state index in [0.29, 0.717) is 5.69 Å². The lowest BCUT2D eigenvalue weighted by Gasteiger charge is -2.08. The van der Waals surface area contributed by atoms with Gasteiger partial charge in [0, 0.05) is 18.5 Å². The molecule has 0 bridgehead atoms. The third kappa shape index (κ3) is 4.25. The molecule has 3 rings (SSSR count). The van der Waals surface area contributed by atoms with Gasteiger partial charge in [-0.1, -0.05) is 42.0 Å². The fourth-order valence-corrected chi connectivity index (χ4v) is 3.48. The number of aryl methyl sites for hydroxylation is 1.